The number of aryl methyl sites for hydroxylation is 1. The number of hydrogen-bond donors (Lipinski definition) is 1. The second-order valence-corrected chi connectivity index (χ2v) is 7.28. The summed E-state index contributed by atoms with van der Waals surface area (Å²) in [5.41, 5.74) is 5.57. The molecule has 1 N–H and O–H groups in total. The van der Waals surface area contributed by atoms with Crippen molar-refractivity contribution in [1.29, 1.82) is 0 Å². The molecule has 8 heteroatoms. The number of allylic oxidation sites excluding steroid dienone is 2. The summed E-state index contributed by atoms with van der Waals surface area (Å²) < 4.78 is 7.42. The van der Waals surface area contributed by atoms with Crippen molar-refractivity contribution in [2.75, 3.05) is 27.7 Å². The molecule has 0 saturated heterocycles. The summed E-state index contributed by atoms with van der Waals surface area (Å²) in [6.45, 7) is 5.34. The van der Waals surface area contributed by atoms with E-state index in [1.807, 2.05) is 55.8 Å². The average molecular weight is 439 g/mol. The van der Waals surface area contributed by atoms with Gasteiger partial charge in [0.1, 0.15) is 21.8 Å². The van der Waals surface area contributed by atoms with Gasteiger partial charge in [-0.15, -0.1) is 0 Å². The van der Waals surface area contributed by atoms with Gasteiger partial charge in [-0.2, -0.15) is 0 Å². The molecule has 0 fully saturated rings. The summed E-state index contributed by atoms with van der Waals surface area (Å²) in [6, 6.07) is 7.65. The van der Waals surface area contributed by atoms with Gasteiger partial charge in [0.05, 0.1) is 24.7 Å². The molecule has 0 bridgehead atoms. The molecule has 31 heavy (non-hydrogen) atoms. The fourth-order valence-electron chi connectivity index (χ4n) is 3.22. The van der Waals surface area contributed by atoms with E-state index < -0.39 is 0 Å². The Hall–Kier alpha value is -3.03. The zero-order chi connectivity index (χ0) is 22.4. The highest BCUT2D eigenvalue weighted by molar-refractivity contribution is 6.34. The Balaban J connectivity index is 2.31. The Morgan fingerprint density at radius 1 is 1.29 bits per heavy atom. The number of aliphatic imine (C=N–C) groups is 1. The average Bonchev–Trinajstić information content (AvgIpc) is 2.78. The van der Waals surface area contributed by atoms with Crippen LogP contribution in [-0.2, 0) is 6.54 Å². The van der Waals surface area contributed by atoms with E-state index in [2.05, 4.69) is 15.3 Å². The summed E-state index contributed by atoms with van der Waals surface area (Å²) in [4.78, 5) is 18.5. The van der Waals surface area contributed by atoms with Gasteiger partial charge in [-0.1, -0.05) is 23.7 Å². The molecule has 0 saturated carbocycles. The van der Waals surface area contributed by atoms with E-state index in [0.29, 0.717) is 23.0 Å². The fraction of sp³-hybridized carbons (Fsp3) is 0.304. The number of halogens is 1. The molecule has 0 aliphatic rings. The van der Waals surface area contributed by atoms with Crippen molar-refractivity contribution in [3.05, 3.63) is 58.3 Å². The standard InChI is InChI=1S/C23H27ClN6O/c1-6-16(13-26-4)18-14-27-17-8-10-20(30(12-11-25-3)23(17)28-18)29-22-15(2)7-9-19(31-5)21(22)24/h6-10,13-14,25H,11-12H2,1-5H3/b16-6+,26-13?,29-20?. The molecule has 3 aromatic rings. The minimum atomic E-state index is 0.484. The van der Waals surface area contributed by atoms with Crippen LogP contribution in [0.5, 0.6) is 5.75 Å². The van der Waals surface area contributed by atoms with Crippen LogP contribution >= 0.6 is 11.6 Å². The van der Waals surface area contributed by atoms with Gasteiger partial charge >= 0.3 is 0 Å². The number of hydrogen-bond acceptors (Lipinski definition) is 6. The number of benzene rings is 1. The van der Waals surface area contributed by atoms with Gasteiger partial charge in [-0.3, -0.25) is 9.98 Å². The van der Waals surface area contributed by atoms with Gasteiger partial charge in [0, 0.05) is 31.9 Å². The van der Waals surface area contributed by atoms with E-state index in [1.165, 1.54) is 0 Å². The van der Waals surface area contributed by atoms with Crippen molar-refractivity contribution in [3.8, 4) is 5.75 Å². The van der Waals surface area contributed by atoms with Gasteiger partial charge in [-0.25, -0.2) is 9.98 Å². The van der Waals surface area contributed by atoms with Gasteiger partial charge in [0.2, 0.25) is 0 Å². The second-order valence-electron chi connectivity index (χ2n) is 6.90. The first kappa shape index (κ1) is 22.7. The molecule has 2 aromatic heterocycles. The Morgan fingerprint density at radius 2 is 2.10 bits per heavy atom. The first-order valence-corrected chi connectivity index (χ1v) is 10.4. The van der Waals surface area contributed by atoms with Crippen LogP contribution in [0.2, 0.25) is 5.02 Å². The highest BCUT2D eigenvalue weighted by Gasteiger charge is 2.12. The van der Waals surface area contributed by atoms with Gasteiger partial charge in [0.25, 0.3) is 0 Å². The SMILES string of the molecule is C/C=C(\C=NC)c1cnc2ccc(=Nc3c(C)ccc(OC)c3Cl)n(CCNC)c2n1. The predicted molar refractivity (Wildman–Crippen MR) is 127 cm³/mol. The molecule has 0 radical (unpaired) electrons. The summed E-state index contributed by atoms with van der Waals surface area (Å²) in [5, 5.41) is 3.68. The largest absolute Gasteiger partial charge is 0.495 e. The van der Waals surface area contributed by atoms with E-state index in [4.69, 9.17) is 26.3 Å². The number of pyridine rings is 1. The fourth-order valence-corrected chi connectivity index (χ4v) is 3.55. The third-order valence-corrected chi connectivity index (χ3v) is 5.26. The van der Waals surface area contributed by atoms with Crippen LogP contribution < -0.4 is 15.5 Å². The number of ether oxygens (including phenoxy) is 1. The predicted octanol–water partition coefficient (Wildman–Crippen LogP) is 3.96. The van der Waals surface area contributed by atoms with Crippen molar-refractivity contribution in [3.63, 3.8) is 0 Å². The molecule has 0 atom stereocenters. The molecule has 3 rings (SSSR count). The van der Waals surface area contributed by atoms with Crippen molar-refractivity contribution < 1.29 is 4.74 Å². The van der Waals surface area contributed by atoms with Crippen LogP contribution in [0.15, 0.2) is 46.5 Å². The first-order chi connectivity index (χ1) is 15.0. The number of aromatic nitrogens is 3. The molecule has 1 aromatic carbocycles. The zero-order valence-corrected chi connectivity index (χ0v) is 19.2. The van der Waals surface area contributed by atoms with Crippen LogP contribution in [0, 0.1) is 6.92 Å². The Labute approximate surface area is 187 Å². The van der Waals surface area contributed by atoms with E-state index in [0.717, 1.165) is 40.0 Å². The Kier molecular flexibility index (Phi) is 7.55. The number of nitrogens with one attached hydrogen (secondary N) is 1. The lowest BCUT2D eigenvalue weighted by Gasteiger charge is -2.13. The minimum Gasteiger partial charge on any atom is -0.495 e. The summed E-state index contributed by atoms with van der Waals surface area (Å²) in [6.07, 6.45) is 5.51. The number of rotatable bonds is 7. The van der Waals surface area contributed by atoms with Crippen LogP contribution in [0.4, 0.5) is 5.69 Å². The summed E-state index contributed by atoms with van der Waals surface area (Å²) in [7, 11) is 5.25. The second kappa shape index (κ2) is 10.3. The van der Waals surface area contributed by atoms with Crippen LogP contribution in [0.1, 0.15) is 18.2 Å². The molecule has 7 nitrogen and oxygen atoms in total. The molecular weight excluding hydrogens is 412 g/mol. The van der Waals surface area contributed by atoms with E-state index in [-0.39, 0.29) is 0 Å². The number of likely N-dealkylation sites (N-methyl/N-ethyl adjacent to an activating group) is 1. The highest BCUT2D eigenvalue weighted by Crippen LogP contribution is 2.36. The lowest BCUT2D eigenvalue weighted by Crippen LogP contribution is -2.27. The molecule has 2 heterocycles. The summed E-state index contributed by atoms with van der Waals surface area (Å²) in [5.74, 6) is 0.590. The molecule has 0 aliphatic carbocycles. The Bertz CT molecular complexity index is 1210. The molecule has 0 spiro atoms. The van der Waals surface area contributed by atoms with Gasteiger partial charge in [0.15, 0.2) is 5.65 Å². The molecule has 0 aliphatic heterocycles. The van der Waals surface area contributed by atoms with Crippen molar-refractivity contribution in [2.24, 2.45) is 9.98 Å². The third kappa shape index (κ3) is 4.84. The first-order valence-electron chi connectivity index (χ1n) is 10.0. The molecule has 0 unspecified atom stereocenters. The smallest absolute Gasteiger partial charge is 0.160 e. The van der Waals surface area contributed by atoms with E-state index in [1.54, 1.807) is 26.6 Å². The lowest BCUT2D eigenvalue weighted by atomic mass is 10.2. The van der Waals surface area contributed by atoms with Crippen LogP contribution in [0.25, 0.3) is 16.7 Å². The zero-order valence-electron chi connectivity index (χ0n) is 18.5. The van der Waals surface area contributed by atoms with Crippen molar-refractivity contribution in [1.82, 2.24) is 19.9 Å². The number of fused-ring (bicyclic) bond motifs is 1. The number of nitrogens with zero attached hydrogens (tertiary/aromatic N) is 5. The monoisotopic (exact) mass is 438 g/mol. The van der Waals surface area contributed by atoms with Crippen molar-refractivity contribution in [2.45, 2.75) is 20.4 Å². The Morgan fingerprint density at radius 3 is 2.77 bits per heavy atom. The van der Waals surface area contributed by atoms with E-state index >= 15 is 0 Å². The van der Waals surface area contributed by atoms with Crippen LogP contribution in [-0.4, -0.2) is 48.5 Å². The summed E-state index contributed by atoms with van der Waals surface area (Å²) >= 11 is 6.57. The molecular formula is C23H27ClN6O. The molecule has 162 valence electrons. The highest BCUT2D eigenvalue weighted by atomic mass is 35.5. The topological polar surface area (TPSA) is 76.7 Å². The van der Waals surface area contributed by atoms with Crippen molar-refractivity contribution >= 4 is 40.2 Å². The lowest BCUT2D eigenvalue weighted by molar-refractivity contribution is 0.415. The maximum Gasteiger partial charge on any atom is 0.160 e. The quantitative estimate of drug-likeness (QED) is 0.566. The van der Waals surface area contributed by atoms with Crippen LogP contribution in [0.3, 0.4) is 0 Å². The maximum absolute atomic E-state index is 6.57. The minimum absolute atomic E-state index is 0.484. The number of methoxy groups -OCH3 is 1. The third-order valence-electron chi connectivity index (χ3n) is 4.89. The van der Waals surface area contributed by atoms with Gasteiger partial charge in [-0.05, 0) is 44.7 Å². The molecule has 0 amide bonds. The maximum atomic E-state index is 6.57. The van der Waals surface area contributed by atoms with E-state index in [9.17, 15) is 0 Å². The van der Waals surface area contributed by atoms with Gasteiger partial charge < -0.3 is 14.6 Å². The normalized spacial score (nSPS) is 12.8.